The first-order chi connectivity index (χ1) is 13.0. The molecule has 0 bridgehead atoms. The van der Waals surface area contributed by atoms with Crippen LogP contribution in [0.3, 0.4) is 0 Å². The molecule has 0 radical (unpaired) electrons. The van der Waals surface area contributed by atoms with Gasteiger partial charge in [0.05, 0.1) is 11.3 Å². The third kappa shape index (κ3) is 4.16. The van der Waals surface area contributed by atoms with Gasteiger partial charge in [-0.3, -0.25) is 4.99 Å². The van der Waals surface area contributed by atoms with Crippen LogP contribution in [0.1, 0.15) is 81.6 Å². The Balaban J connectivity index is 2.11. The van der Waals surface area contributed by atoms with Gasteiger partial charge in [0.1, 0.15) is 5.84 Å². The lowest BCUT2D eigenvalue weighted by Crippen LogP contribution is -2.48. The summed E-state index contributed by atoms with van der Waals surface area (Å²) in [5.74, 6) is 1.10. The molecule has 3 rings (SSSR count). The Labute approximate surface area is 178 Å². The molecule has 1 saturated heterocycles. The van der Waals surface area contributed by atoms with Crippen molar-refractivity contribution in [2.75, 3.05) is 13.6 Å². The Kier molecular flexibility index (Phi) is 5.35. The zero-order valence-electron chi connectivity index (χ0n) is 20.1. The second-order valence-corrected chi connectivity index (χ2v) is 14.6. The van der Waals surface area contributed by atoms with Gasteiger partial charge in [-0.05, 0) is 29.2 Å². The zero-order chi connectivity index (χ0) is 22.2. The van der Waals surface area contributed by atoms with Crippen molar-refractivity contribution in [3.8, 4) is 0 Å². The fourth-order valence-electron chi connectivity index (χ4n) is 4.72. The van der Waals surface area contributed by atoms with Gasteiger partial charge in [-0.2, -0.15) is 4.31 Å². The van der Waals surface area contributed by atoms with Crippen molar-refractivity contribution in [2.24, 2.45) is 21.2 Å². The second kappa shape index (κ2) is 6.81. The van der Waals surface area contributed by atoms with E-state index in [1.165, 1.54) is 11.3 Å². The minimum atomic E-state index is -3.20. The lowest BCUT2D eigenvalue weighted by Gasteiger charge is -2.45. The molecule has 1 saturated carbocycles. The van der Waals surface area contributed by atoms with E-state index in [-0.39, 0.29) is 33.6 Å². The zero-order valence-corrected chi connectivity index (χ0v) is 20.9. The molecule has 166 valence electrons. The van der Waals surface area contributed by atoms with Gasteiger partial charge >= 0.3 is 0 Å². The minimum absolute atomic E-state index is 0.00226. The predicted molar refractivity (Wildman–Crippen MR) is 121 cm³/mol. The summed E-state index contributed by atoms with van der Waals surface area (Å²) < 4.78 is 27.5. The van der Waals surface area contributed by atoms with E-state index >= 15 is 0 Å². The van der Waals surface area contributed by atoms with Gasteiger partial charge in [-0.1, -0.05) is 62.3 Å². The maximum atomic E-state index is 12.9. The van der Waals surface area contributed by atoms with E-state index in [1.54, 1.807) is 11.4 Å². The molecular weight excluding hydrogens is 382 g/mol. The fourth-order valence-corrected chi connectivity index (χ4v) is 6.48. The van der Waals surface area contributed by atoms with Crippen LogP contribution in [0.25, 0.3) is 0 Å². The lowest BCUT2D eigenvalue weighted by atomic mass is 9.70. The molecule has 0 aromatic carbocycles. The molecule has 2 unspecified atom stereocenters. The maximum Gasteiger partial charge on any atom is 0.217 e. The van der Waals surface area contributed by atoms with Crippen LogP contribution in [-0.4, -0.2) is 54.4 Å². The van der Waals surface area contributed by atoms with E-state index in [0.29, 0.717) is 6.54 Å². The van der Waals surface area contributed by atoms with Crippen LogP contribution < -0.4 is 0 Å². The summed E-state index contributed by atoms with van der Waals surface area (Å²) in [6, 6.07) is 0.0753. The van der Waals surface area contributed by atoms with Crippen LogP contribution in [0.5, 0.6) is 0 Å². The number of fused-ring (bicyclic) bond motifs is 1. The number of hydrogen-bond acceptors (Lipinski definition) is 4. The topological polar surface area (TPSA) is 53.0 Å². The van der Waals surface area contributed by atoms with Crippen molar-refractivity contribution < 1.29 is 8.42 Å². The number of amidine groups is 1. The van der Waals surface area contributed by atoms with E-state index in [0.717, 1.165) is 25.1 Å². The molecule has 2 heterocycles. The van der Waals surface area contributed by atoms with E-state index in [4.69, 9.17) is 4.99 Å². The van der Waals surface area contributed by atoms with Crippen LogP contribution in [-0.2, 0) is 10.0 Å². The molecule has 0 amide bonds. The highest BCUT2D eigenvalue weighted by molar-refractivity contribution is 7.90. The highest BCUT2D eigenvalue weighted by Crippen LogP contribution is 2.48. The fraction of sp³-hybridized carbons (Fsp3) is 0.870. The Morgan fingerprint density at radius 3 is 1.93 bits per heavy atom. The van der Waals surface area contributed by atoms with E-state index in [1.807, 2.05) is 0 Å². The summed E-state index contributed by atoms with van der Waals surface area (Å²) in [4.78, 5) is 7.69. The average molecular weight is 424 g/mol. The minimum Gasteiger partial charge on any atom is -0.332 e. The van der Waals surface area contributed by atoms with Crippen LogP contribution in [0.4, 0.5) is 0 Å². The number of likely N-dealkylation sites (N-methyl/N-ethyl adjacent to an activating group) is 1. The van der Waals surface area contributed by atoms with Crippen molar-refractivity contribution >= 4 is 15.9 Å². The molecule has 0 N–H and O–H groups in total. The van der Waals surface area contributed by atoms with Gasteiger partial charge < -0.3 is 4.90 Å². The second-order valence-electron chi connectivity index (χ2n) is 12.3. The van der Waals surface area contributed by atoms with Crippen molar-refractivity contribution in [1.29, 1.82) is 0 Å². The molecule has 0 aromatic heterocycles. The lowest BCUT2D eigenvalue weighted by molar-refractivity contribution is 0.284. The molecule has 29 heavy (non-hydrogen) atoms. The summed E-state index contributed by atoms with van der Waals surface area (Å²) in [6.45, 7) is 20.9. The summed E-state index contributed by atoms with van der Waals surface area (Å²) in [5.41, 5.74) is 2.56. The van der Waals surface area contributed by atoms with Gasteiger partial charge in [-0.25, -0.2) is 8.42 Å². The Hall–Kier alpha value is -0.880. The van der Waals surface area contributed by atoms with Gasteiger partial charge in [0.25, 0.3) is 0 Å². The Morgan fingerprint density at radius 1 is 0.966 bits per heavy atom. The Morgan fingerprint density at radius 2 is 1.52 bits per heavy atom. The van der Waals surface area contributed by atoms with E-state index in [9.17, 15) is 8.42 Å². The maximum absolute atomic E-state index is 12.9. The third-order valence-electron chi connectivity index (χ3n) is 6.40. The molecule has 2 aliphatic heterocycles. The first kappa shape index (κ1) is 22.8. The summed E-state index contributed by atoms with van der Waals surface area (Å²) in [7, 11) is -1.41. The number of nitrogens with zero attached hydrogens (tertiary/aromatic N) is 3. The monoisotopic (exact) mass is 423 g/mol. The molecule has 5 nitrogen and oxygen atoms in total. The standard InChI is InChI=1S/C23H41N3O2S/c1-21(2,3)18-17-13-15(25(10)29(27,28)16-11-12-16)14-26(17)20(23(7,8)9)24-19(18)22(4,5)6/h15-16,19H,11-14H2,1-10H3. The molecule has 2 atom stereocenters. The molecule has 3 aliphatic rings. The number of sulfonamides is 1. The van der Waals surface area contributed by atoms with E-state index < -0.39 is 10.0 Å². The predicted octanol–water partition coefficient (Wildman–Crippen LogP) is 4.66. The first-order valence-corrected chi connectivity index (χ1v) is 12.5. The molecule has 0 spiro atoms. The largest absolute Gasteiger partial charge is 0.332 e. The van der Waals surface area contributed by atoms with Gasteiger partial charge in [0.2, 0.25) is 10.0 Å². The highest BCUT2D eigenvalue weighted by Gasteiger charge is 2.49. The number of aliphatic imine (C=N–C) groups is 1. The Bertz CT molecular complexity index is 831. The smallest absolute Gasteiger partial charge is 0.217 e. The SMILES string of the molecule is CN(C1CC2=C(C(C)(C)C)C(C(C)(C)C)N=C(C(C)(C)C)N2C1)S(=O)(=O)C1CC1. The summed E-state index contributed by atoms with van der Waals surface area (Å²) >= 11 is 0. The van der Waals surface area contributed by atoms with Crippen molar-refractivity contribution in [1.82, 2.24) is 9.21 Å². The molecule has 1 aliphatic carbocycles. The van der Waals surface area contributed by atoms with Crippen LogP contribution in [0.15, 0.2) is 16.3 Å². The van der Waals surface area contributed by atoms with Crippen LogP contribution in [0.2, 0.25) is 0 Å². The highest BCUT2D eigenvalue weighted by atomic mass is 32.2. The average Bonchev–Trinajstić information content (AvgIpc) is 3.29. The normalized spacial score (nSPS) is 26.9. The van der Waals surface area contributed by atoms with Crippen LogP contribution in [0, 0.1) is 16.2 Å². The van der Waals surface area contributed by atoms with Crippen molar-refractivity contribution in [3.05, 3.63) is 11.3 Å². The van der Waals surface area contributed by atoms with Gasteiger partial charge in [0, 0.05) is 37.2 Å². The molecule has 2 fully saturated rings. The number of hydrogen-bond donors (Lipinski definition) is 0. The molecule has 6 heteroatoms. The van der Waals surface area contributed by atoms with Gasteiger partial charge in [-0.15, -0.1) is 0 Å². The third-order valence-corrected chi connectivity index (χ3v) is 8.81. The molecule has 0 aromatic rings. The van der Waals surface area contributed by atoms with Crippen LogP contribution >= 0.6 is 0 Å². The quantitative estimate of drug-likeness (QED) is 0.663. The number of rotatable bonds is 3. The van der Waals surface area contributed by atoms with Crippen molar-refractivity contribution in [2.45, 2.75) is 98.9 Å². The first-order valence-electron chi connectivity index (χ1n) is 11.0. The summed E-state index contributed by atoms with van der Waals surface area (Å²) in [6.07, 6.45) is 2.39. The summed E-state index contributed by atoms with van der Waals surface area (Å²) in [5, 5.41) is -0.167. The van der Waals surface area contributed by atoms with Gasteiger partial charge in [0.15, 0.2) is 0 Å². The van der Waals surface area contributed by atoms with Crippen molar-refractivity contribution in [3.63, 3.8) is 0 Å². The molecular formula is C23H41N3O2S. The van der Waals surface area contributed by atoms with E-state index in [2.05, 4.69) is 67.2 Å².